The zero-order chi connectivity index (χ0) is 11.3. The number of hydrogen-bond donors (Lipinski definition) is 2. The summed E-state index contributed by atoms with van der Waals surface area (Å²) in [6, 6.07) is 0. The van der Waals surface area contributed by atoms with Crippen molar-refractivity contribution in [3.63, 3.8) is 0 Å². The Kier molecular flexibility index (Phi) is 4.50. The van der Waals surface area contributed by atoms with Crippen LogP contribution in [0.15, 0.2) is 0 Å². The summed E-state index contributed by atoms with van der Waals surface area (Å²) in [5.74, 6) is -0.497. The third kappa shape index (κ3) is 4.15. The number of carbonyl (C=O) groups excluding carboxylic acids is 1. The third-order valence-corrected chi connectivity index (χ3v) is 2.66. The minimum absolute atomic E-state index is 0.211. The van der Waals surface area contributed by atoms with Crippen molar-refractivity contribution in [3.8, 4) is 0 Å². The molecule has 1 rings (SSSR count). The lowest BCUT2D eigenvalue weighted by atomic mass is 9.99. The fraction of sp³-hybridized carbons (Fsp3) is 0.900. The zero-order valence-electron chi connectivity index (χ0n) is 9.20. The van der Waals surface area contributed by atoms with Crippen LogP contribution in [0.2, 0.25) is 0 Å². The van der Waals surface area contributed by atoms with Crippen molar-refractivity contribution in [2.24, 2.45) is 11.5 Å². The molecular weight excluding hydrogens is 196 g/mol. The van der Waals surface area contributed by atoms with E-state index >= 15 is 0 Å². The molecule has 88 valence electrons. The van der Waals surface area contributed by atoms with Gasteiger partial charge in [-0.25, -0.2) is 0 Å². The number of hydrogen-bond acceptors (Lipinski definition) is 4. The van der Waals surface area contributed by atoms with Crippen LogP contribution in [0.4, 0.5) is 0 Å². The summed E-state index contributed by atoms with van der Waals surface area (Å²) in [6.45, 7) is 3.46. The highest BCUT2D eigenvalue weighted by Gasteiger charge is 2.25. The van der Waals surface area contributed by atoms with Crippen molar-refractivity contribution >= 4 is 5.91 Å². The van der Waals surface area contributed by atoms with Gasteiger partial charge in [-0.1, -0.05) is 0 Å². The molecule has 0 aliphatic carbocycles. The molecule has 1 saturated heterocycles. The minimum atomic E-state index is -0.976. The third-order valence-electron chi connectivity index (χ3n) is 2.66. The van der Waals surface area contributed by atoms with Crippen LogP contribution in [-0.2, 0) is 14.3 Å². The molecule has 0 aromatic carbocycles. The Morgan fingerprint density at radius 1 is 1.67 bits per heavy atom. The van der Waals surface area contributed by atoms with Gasteiger partial charge in [0.2, 0.25) is 5.91 Å². The summed E-state index contributed by atoms with van der Waals surface area (Å²) in [4.78, 5) is 10.9. The second kappa shape index (κ2) is 5.44. The quantitative estimate of drug-likeness (QED) is 0.601. The molecule has 1 fully saturated rings. The van der Waals surface area contributed by atoms with Crippen LogP contribution in [0.25, 0.3) is 0 Å². The standard InChI is InChI=1S/C10H20N2O3/c1-10(12,9(11)13)4-6-14-7-8-3-2-5-15-8/h8H,2-7,12H2,1H3,(H2,11,13). The Morgan fingerprint density at radius 3 is 2.93 bits per heavy atom. The predicted molar refractivity (Wildman–Crippen MR) is 56.2 cm³/mol. The van der Waals surface area contributed by atoms with Crippen molar-refractivity contribution in [1.29, 1.82) is 0 Å². The van der Waals surface area contributed by atoms with Gasteiger partial charge in [-0.05, 0) is 26.2 Å². The fourth-order valence-electron chi connectivity index (χ4n) is 1.40. The maximum Gasteiger partial charge on any atom is 0.237 e. The van der Waals surface area contributed by atoms with Gasteiger partial charge in [0.15, 0.2) is 0 Å². The Balaban J connectivity index is 2.08. The van der Waals surface area contributed by atoms with E-state index in [-0.39, 0.29) is 6.10 Å². The number of ether oxygens (including phenoxy) is 2. The van der Waals surface area contributed by atoms with Gasteiger partial charge in [0.25, 0.3) is 0 Å². The zero-order valence-corrected chi connectivity index (χ0v) is 9.20. The number of nitrogens with two attached hydrogens (primary N) is 2. The van der Waals surface area contributed by atoms with E-state index in [4.69, 9.17) is 20.9 Å². The van der Waals surface area contributed by atoms with Crippen LogP contribution in [0, 0.1) is 0 Å². The van der Waals surface area contributed by atoms with Gasteiger partial charge in [0, 0.05) is 13.2 Å². The lowest BCUT2D eigenvalue weighted by Gasteiger charge is -2.20. The van der Waals surface area contributed by atoms with Crippen LogP contribution in [-0.4, -0.2) is 37.4 Å². The van der Waals surface area contributed by atoms with Gasteiger partial charge in [0.1, 0.15) is 0 Å². The number of carbonyl (C=O) groups is 1. The number of rotatable bonds is 6. The molecule has 4 N–H and O–H groups in total. The molecule has 15 heavy (non-hydrogen) atoms. The van der Waals surface area contributed by atoms with Crippen molar-refractivity contribution < 1.29 is 14.3 Å². The average molecular weight is 216 g/mol. The molecule has 0 spiro atoms. The molecule has 0 aromatic heterocycles. The largest absolute Gasteiger partial charge is 0.379 e. The van der Waals surface area contributed by atoms with Gasteiger partial charge in [-0.3, -0.25) is 4.79 Å². The summed E-state index contributed by atoms with van der Waals surface area (Å²) < 4.78 is 10.8. The van der Waals surface area contributed by atoms with E-state index in [1.807, 2.05) is 0 Å². The SMILES string of the molecule is CC(N)(CCOCC1CCCO1)C(N)=O. The highest BCUT2D eigenvalue weighted by Crippen LogP contribution is 2.12. The second-order valence-corrected chi connectivity index (χ2v) is 4.24. The van der Waals surface area contributed by atoms with Gasteiger partial charge >= 0.3 is 0 Å². The van der Waals surface area contributed by atoms with Crippen LogP contribution in [0.1, 0.15) is 26.2 Å². The average Bonchev–Trinajstić information content (AvgIpc) is 2.64. The van der Waals surface area contributed by atoms with Gasteiger partial charge in [-0.15, -0.1) is 0 Å². The molecule has 2 unspecified atom stereocenters. The molecule has 1 amide bonds. The maximum absolute atomic E-state index is 10.9. The molecule has 0 radical (unpaired) electrons. The molecular formula is C10H20N2O3. The van der Waals surface area contributed by atoms with Crippen molar-refractivity contribution in [3.05, 3.63) is 0 Å². The van der Waals surface area contributed by atoms with Crippen molar-refractivity contribution in [1.82, 2.24) is 0 Å². The molecule has 0 saturated carbocycles. The predicted octanol–water partition coefficient (Wildman–Crippen LogP) is -0.225. The molecule has 1 aliphatic heterocycles. The van der Waals surface area contributed by atoms with E-state index in [1.54, 1.807) is 6.92 Å². The summed E-state index contributed by atoms with van der Waals surface area (Å²) >= 11 is 0. The van der Waals surface area contributed by atoms with Gasteiger partial charge in [-0.2, -0.15) is 0 Å². The van der Waals surface area contributed by atoms with Crippen LogP contribution in [0.5, 0.6) is 0 Å². The highest BCUT2D eigenvalue weighted by molar-refractivity contribution is 5.83. The lowest BCUT2D eigenvalue weighted by molar-refractivity contribution is -0.123. The minimum Gasteiger partial charge on any atom is -0.379 e. The first kappa shape index (κ1) is 12.4. The monoisotopic (exact) mass is 216 g/mol. The lowest BCUT2D eigenvalue weighted by Crippen LogP contribution is -2.50. The van der Waals surface area contributed by atoms with Gasteiger partial charge < -0.3 is 20.9 Å². The molecule has 5 nitrogen and oxygen atoms in total. The Morgan fingerprint density at radius 2 is 2.40 bits per heavy atom. The van der Waals surface area contributed by atoms with E-state index in [2.05, 4.69) is 0 Å². The summed E-state index contributed by atoms with van der Waals surface area (Å²) in [6.07, 6.45) is 2.80. The smallest absolute Gasteiger partial charge is 0.237 e. The summed E-state index contributed by atoms with van der Waals surface area (Å²) in [5.41, 5.74) is 9.82. The van der Waals surface area contributed by atoms with Crippen molar-refractivity contribution in [2.75, 3.05) is 19.8 Å². The van der Waals surface area contributed by atoms with Crippen LogP contribution < -0.4 is 11.5 Å². The van der Waals surface area contributed by atoms with Gasteiger partial charge in [0.05, 0.1) is 18.2 Å². The normalized spacial score (nSPS) is 25.1. The van der Waals surface area contributed by atoms with E-state index in [0.29, 0.717) is 19.6 Å². The van der Waals surface area contributed by atoms with Crippen LogP contribution in [0.3, 0.4) is 0 Å². The maximum atomic E-state index is 10.9. The first-order chi connectivity index (χ1) is 7.02. The topological polar surface area (TPSA) is 87.6 Å². The summed E-state index contributed by atoms with van der Waals surface area (Å²) in [7, 11) is 0. The van der Waals surface area contributed by atoms with E-state index in [0.717, 1.165) is 19.4 Å². The molecule has 1 heterocycles. The van der Waals surface area contributed by atoms with E-state index in [9.17, 15) is 4.79 Å². The fourth-order valence-corrected chi connectivity index (χ4v) is 1.40. The molecule has 0 aromatic rings. The Bertz CT molecular complexity index is 213. The molecule has 0 bridgehead atoms. The highest BCUT2D eigenvalue weighted by atomic mass is 16.5. The second-order valence-electron chi connectivity index (χ2n) is 4.24. The first-order valence-corrected chi connectivity index (χ1v) is 5.30. The van der Waals surface area contributed by atoms with E-state index < -0.39 is 11.4 Å². The van der Waals surface area contributed by atoms with Crippen LogP contribution >= 0.6 is 0 Å². The summed E-state index contributed by atoms with van der Waals surface area (Å²) in [5, 5.41) is 0. The first-order valence-electron chi connectivity index (χ1n) is 5.30. The molecule has 2 atom stereocenters. The molecule has 1 aliphatic rings. The molecule has 5 heteroatoms. The Labute approximate surface area is 90.1 Å². The number of primary amides is 1. The number of amides is 1. The van der Waals surface area contributed by atoms with Crippen molar-refractivity contribution in [2.45, 2.75) is 37.8 Å². The van der Waals surface area contributed by atoms with E-state index in [1.165, 1.54) is 0 Å². The Hall–Kier alpha value is -0.650.